The van der Waals surface area contributed by atoms with E-state index < -0.39 is 97.5 Å². The van der Waals surface area contributed by atoms with Crippen LogP contribution < -0.4 is 0 Å². The fourth-order valence-electron chi connectivity index (χ4n) is 10.1. The van der Waals surface area contributed by atoms with Gasteiger partial charge in [-0.05, 0) is 49.4 Å². The predicted molar refractivity (Wildman–Crippen MR) is 349 cm³/mol. The molecule has 0 radical (unpaired) electrons. The van der Waals surface area contributed by atoms with Gasteiger partial charge in [0.05, 0.1) is 26.4 Å². The molecule has 0 aromatic rings. The molecule has 0 aliphatic heterocycles. The maximum Gasteiger partial charge on any atom is 0.472 e. The highest BCUT2D eigenvalue weighted by Crippen LogP contribution is 2.45. The molecule has 6 atom stereocenters. The molecule has 87 heavy (non-hydrogen) atoms. The first-order chi connectivity index (χ1) is 41.6. The second kappa shape index (κ2) is 57.9. The van der Waals surface area contributed by atoms with Crippen LogP contribution in [0.4, 0.5) is 0 Å². The molecule has 3 N–H and O–H groups in total. The van der Waals surface area contributed by atoms with Gasteiger partial charge >= 0.3 is 39.5 Å². The maximum atomic E-state index is 13.0. The van der Waals surface area contributed by atoms with Crippen LogP contribution in [0.3, 0.4) is 0 Å². The van der Waals surface area contributed by atoms with Crippen LogP contribution in [0.5, 0.6) is 0 Å². The number of esters is 4. The first-order valence-electron chi connectivity index (χ1n) is 35.2. The summed E-state index contributed by atoms with van der Waals surface area (Å²) in [6.07, 6.45) is 39.1. The molecule has 0 fully saturated rings. The van der Waals surface area contributed by atoms with Gasteiger partial charge in [-0.15, -0.1) is 0 Å². The number of aliphatic hydroxyl groups excluding tert-OH is 1. The fourth-order valence-corrected chi connectivity index (χ4v) is 11.7. The summed E-state index contributed by atoms with van der Waals surface area (Å²) in [5.41, 5.74) is 0. The van der Waals surface area contributed by atoms with E-state index >= 15 is 0 Å². The second-order valence-electron chi connectivity index (χ2n) is 26.2. The molecule has 0 saturated heterocycles. The number of hydrogen-bond acceptors (Lipinski definition) is 15. The average molecular weight is 1280 g/mol. The van der Waals surface area contributed by atoms with Crippen molar-refractivity contribution < 1.29 is 80.2 Å². The van der Waals surface area contributed by atoms with Crippen molar-refractivity contribution in [1.29, 1.82) is 0 Å². The zero-order valence-electron chi connectivity index (χ0n) is 56.6. The lowest BCUT2D eigenvalue weighted by molar-refractivity contribution is -0.161. The van der Waals surface area contributed by atoms with Crippen LogP contribution in [0, 0.1) is 23.7 Å². The molecule has 0 aromatic heterocycles. The number of phosphoric ester groups is 2. The smallest absolute Gasteiger partial charge is 0.462 e. The zero-order valence-corrected chi connectivity index (χ0v) is 58.4. The molecule has 0 aromatic carbocycles. The third-order valence-electron chi connectivity index (χ3n) is 15.9. The van der Waals surface area contributed by atoms with Gasteiger partial charge in [0.15, 0.2) is 12.2 Å². The molecule has 0 amide bonds. The number of rotatable bonds is 65. The first kappa shape index (κ1) is 85.1. The summed E-state index contributed by atoms with van der Waals surface area (Å²) in [7, 11) is -9.90. The van der Waals surface area contributed by atoms with Gasteiger partial charge in [-0.3, -0.25) is 37.3 Å². The van der Waals surface area contributed by atoms with Crippen molar-refractivity contribution in [2.45, 2.75) is 350 Å². The standard InChI is InChI=1S/C68H132O17P2/c1-9-61(8)47-39-31-25-27-33-41-49-66(71)79-55-64(85-68(73)51-43-35-23-19-15-11-13-17-21-29-37-45-59(4)5)57-83-87(76,77)81-53-62(69)52-80-86(74,75)82-56-63(54-78-65(70)48-40-32-26-24-30-38-46-60(6)7)84-67(72)50-42-34-22-18-14-10-12-16-20-28-36-44-58(2)3/h58-64,69H,9-57H2,1-8H3,(H,74,75)(H,76,77)/t61?,62-,63-,64-/m1/s1. The quantitative estimate of drug-likeness (QED) is 0.0222. The van der Waals surface area contributed by atoms with Crippen molar-refractivity contribution in [1.82, 2.24) is 0 Å². The highest BCUT2D eigenvalue weighted by Gasteiger charge is 2.30. The lowest BCUT2D eigenvalue weighted by atomic mass is 10.00. The van der Waals surface area contributed by atoms with Crippen LogP contribution in [0.25, 0.3) is 0 Å². The molecule has 0 aliphatic carbocycles. The van der Waals surface area contributed by atoms with E-state index in [0.717, 1.165) is 120 Å². The Bertz CT molecular complexity index is 1730. The van der Waals surface area contributed by atoms with Gasteiger partial charge in [0.2, 0.25) is 0 Å². The van der Waals surface area contributed by atoms with Gasteiger partial charge in [-0.25, -0.2) is 9.13 Å². The molecular formula is C68H132O17P2. The predicted octanol–water partition coefficient (Wildman–Crippen LogP) is 18.9. The van der Waals surface area contributed by atoms with Crippen LogP contribution in [-0.2, 0) is 65.4 Å². The minimum absolute atomic E-state index is 0.105. The van der Waals surface area contributed by atoms with Gasteiger partial charge in [-0.2, -0.15) is 0 Å². The third-order valence-corrected chi connectivity index (χ3v) is 17.8. The van der Waals surface area contributed by atoms with Crippen molar-refractivity contribution in [3.63, 3.8) is 0 Å². The van der Waals surface area contributed by atoms with Gasteiger partial charge in [-0.1, -0.05) is 280 Å². The Balaban J connectivity index is 5.25. The summed E-state index contributed by atoms with van der Waals surface area (Å²) in [5, 5.41) is 10.6. The van der Waals surface area contributed by atoms with Crippen LogP contribution >= 0.6 is 15.6 Å². The number of carbonyl (C=O) groups is 4. The molecular weight excluding hydrogens is 1150 g/mol. The van der Waals surface area contributed by atoms with Crippen LogP contribution in [0.1, 0.15) is 331 Å². The zero-order chi connectivity index (χ0) is 64.7. The van der Waals surface area contributed by atoms with E-state index in [4.69, 9.17) is 37.0 Å². The van der Waals surface area contributed by atoms with Crippen molar-refractivity contribution in [3.8, 4) is 0 Å². The summed E-state index contributed by atoms with van der Waals surface area (Å²) >= 11 is 0. The first-order valence-corrected chi connectivity index (χ1v) is 38.2. The van der Waals surface area contributed by atoms with Gasteiger partial charge in [0.1, 0.15) is 19.3 Å². The van der Waals surface area contributed by atoms with E-state index in [-0.39, 0.29) is 25.7 Å². The fraction of sp³-hybridized carbons (Fsp3) is 0.941. The van der Waals surface area contributed by atoms with Gasteiger partial charge in [0.25, 0.3) is 0 Å². The minimum atomic E-state index is -4.95. The van der Waals surface area contributed by atoms with Crippen molar-refractivity contribution >= 4 is 39.5 Å². The monoisotopic (exact) mass is 1280 g/mol. The lowest BCUT2D eigenvalue weighted by Crippen LogP contribution is -2.30. The second-order valence-corrected chi connectivity index (χ2v) is 29.1. The Labute approximate surface area is 530 Å². The summed E-state index contributed by atoms with van der Waals surface area (Å²) in [5.74, 6) is 0.806. The SMILES string of the molecule is CCC(C)CCCCCCCCC(=O)OC[C@H](COP(=O)(O)OC[C@H](O)COP(=O)(O)OC[C@@H](COC(=O)CCCCCCCCC(C)C)OC(=O)CCCCCCCCCCCCCC(C)C)OC(=O)CCCCCCCCCCCCCC(C)C. The summed E-state index contributed by atoms with van der Waals surface area (Å²) in [4.78, 5) is 72.4. The average Bonchev–Trinajstić information content (AvgIpc) is 3.68. The summed E-state index contributed by atoms with van der Waals surface area (Å²) < 4.78 is 68.2. The van der Waals surface area contributed by atoms with E-state index in [0.29, 0.717) is 31.6 Å². The lowest BCUT2D eigenvalue weighted by Gasteiger charge is -2.21. The van der Waals surface area contributed by atoms with Crippen molar-refractivity contribution in [2.24, 2.45) is 23.7 Å². The maximum absolute atomic E-state index is 13.0. The van der Waals surface area contributed by atoms with Crippen molar-refractivity contribution in [2.75, 3.05) is 39.6 Å². The largest absolute Gasteiger partial charge is 0.472 e. The molecule has 0 aliphatic rings. The molecule has 17 nitrogen and oxygen atoms in total. The van der Waals surface area contributed by atoms with E-state index in [2.05, 4.69) is 55.4 Å². The number of ether oxygens (including phenoxy) is 4. The van der Waals surface area contributed by atoms with Crippen molar-refractivity contribution in [3.05, 3.63) is 0 Å². The van der Waals surface area contributed by atoms with E-state index in [1.807, 2.05) is 0 Å². The minimum Gasteiger partial charge on any atom is -0.462 e. The molecule has 0 saturated carbocycles. The van der Waals surface area contributed by atoms with Crippen LogP contribution in [0.2, 0.25) is 0 Å². The normalized spacial score (nSPS) is 14.6. The number of carbonyl (C=O) groups excluding carboxylic acids is 4. The Morgan fingerprint density at radius 2 is 0.552 bits per heavy atom. The van der Waals surface area contributed by atoms with Crippen LogP contribution in [-0.4, -0.2) is 96.7 Å². The Morgan fingerprint density at radius 1 is 0.322 bits per heavy atom. The van der Waals surface area contributed by atoms with E-state index in [1.165, 1.54) is 122 Å². The highest BCUT2D eigenvalue weighted by molar-refractivity contribution is 7.47. The number of hydrogen-bond donors (Lipinski definition) is 3. The van der Waals surface area contributed by atoms with Crippen LogP contribution in [0.15, 0.2) is 0 Å². The Kier molecular flexibility index (Phi) is 56.6. The molecule has 0 heterocycles. The Hall–Kier alpha value is -1.94. The number of phosphoric acid groups is 2. The van der Waals surface area contributed by atoms with E-state index in [1.54, 1.807) is 0 Å². The topological polar surface area (TPSA) is 237 Å². The van der Waals surface area contributed by atoms with Gasteiger partial charge in [0, 0.05) is 25.7 Å². The third kappa shape index (κ3) is 61.3. The van der Waals surface area contributed by atoms with E-state index in [9.17, 15) is 43.2 Å². The molecule has 0 spiro atoms. The van der Waals surface area contributed by atoms with Gasteiger partial charge < -0.3 is 33.8 Å². The molecule has 3 unspecified atom stereocenters. The molecule has 0 bridgehead atoms. The summed E-state index contributed by atoms with van der Waals surface area (Å²) in [6, 6.07) is 0. The number of unbranched alkanes of at least 4 members (excludes halogenated alkanes) is 30. The molecule has 516 valence electrons. The molecule has 19 heteroatoms. The Morgan fingerprint density at radius 3 is 0.816 bits per heavy atom. The number of aliphatic hydroxyl groups is 1. The summed E-state index contributed by atoms with van der Waals surface area (Å²) in [6.45, 7) is 14.0. The molecule has 0 rings (SSSR count). The highest BCUT2D eigenvalue weighted by atomic mass is 31.2.